The lowest BCUT2D eigenvalue weighted by Gasteiger charge is -2.34. The molecule has 3 aliphatic rings. The summed E-state index contributed by atoms with van der Waals surface area (Å²) in [6.45, 7) is 1.21. The molecule has 7 nitrogen and oxygen atoms in total. The molecule has 2 fully saturated rings. The number of methoxy groups -OCH3 is 1. The number of Topliss-reactive ketones (excluding diaryl/α,β-unsaturated/α-hetero) is 1. The van der Waals surface area contributed by atoms with Crippen molar-refractivity contribution in [2.45, 2.75) is 38.1 Å². The maximum atomic E-state index is 13.3. The van der Waals surface area contributed by atoms with Gasteiger partial charge in [-0.1, -0.05) is 19.3 Å². The fourth-order valence-corrected chi connectivity index (χ4v) is 5.22. The summed E-state index contributed by atoms with van der Waals surface area (Å²) < 4.78 is 10.7. The van der Waals surface area contributed by atoms with Crippen LogP contribution in [0.1, 0.15) is 43.2 Å². The minimum atomic E-state index is -0.642. The first-order valence-electron chi connectivity index (χ1n) is 11.8. The van der Waals surface area contributed by atoms with E-state index in [1.807, 2.05) is 24.3 Å². The number of carbonyl (C=O) groups excluding carboxylic acids is 2. The monoisotopic (exact) mass is 460 g/mol. The summed E-state index contributed by atoms with van der Waals surface area (Å²) in [5.41, 5.74) is 2.15. The highest BCUT2D eigenvalue weighted by molar-refractivity contribution is 6.51. The quantitative estimate of drug-likeness (QED) is 0.408. The van der Waals surface area contributed by atoms with Crippen LogP contribution < -0.4 is 9.64 Å². The molecular formula is C27H28N2O5. The molecule has 2 heterocycles. The van der Waals surface area contributed by atoms with Crippen molar-refractivity contribution in [2.24, 2.45) is 10.9 Å². The number of carbonyl (C=O) groups is 2. The molecule has 1 atom stereocenters. The van der Waals surface area contributed by atoms with Gasteiger partial charge in [0.15, 0.2) is 0 Å². The molecule has 1 aliphatic carbocycles. The molecule has 2 aromatic carbocycles. The Morgan fingerprint density at radius 1 is 1.03 bits per heavy atom. The van der Waals surface area contributed by atoms with Crippen LogP contribution >= 0.6 is 0 Å². The Balaban J connectivity index is 1.56. The van der Waals surface area contributed by atoms with Gasteiger partial charge < -0.3 is 14.6 Å². The van der Waals surface area contributed by atoms with Crippen LogP contribution in [-0.4, -0.2) is 49.0 Å². The van der Waals surface area contributed by atoms with Crippen LogP contribution in [0.2, 0.25) is 0 Å². The molecule has 1 N–H and O–H groups in total. The predicted molar refractivity (Wildman–Crippen MR) is 129 cm³/mol. The molecule has 0 bridgehead atoms. The Morgan fingerprint density at radius 2 is 1.74 bits per heavy atom. The van der Waals surface area contributed by atoms with Crippen LogP contribution in [0.15, 0.2) is 59.1 Å². The number of aliphatic hydroxyl groups excluding tert-OH is 1. The zero-order chi connectivity index (χ0) is 23.7. The number of benzene rings is 2. The Morgan fingerprint density at radius 3 is 2.35 bits per heavy atom. The van der Waals surface area contributed by atoms with Crippen molar-refractivity contribution in [3.05, 3.63) is 65.2 Å². The standard InChI is InChI=1S/C27H28N2O5/c1-33-21-13-9-18(10-14-21)24(30)22-23(17-5-3-2-4-6-17)29(27(32)25(22)31)20-11-7-19(8-12-20)26-28-15-16-34-26/h7-14,17,23,30H,2-6,15-16H2,1H3/b24-22-. The van der Waals surface area contributed by atoms with Crippen LogP contribution in [-0.2, 0) is 14.3 Å². The molecule has 2 aromatic rings. The van der Waals surface area contributed by atoms with Crippen molar-refractivity contribution in [1.82, 2.24) is 0 Å². The van der Waals surface area contributed by atoms with Gasteiger partial charge in [-0.2, -0.15) is 0 Å². The van der Waals surface area contributed by atoms with E-state index in [4.69, 9.17) is 9.47 Å². The molecule has 1 saturated heterocycles. The first-order chi connectivity index (χ1) is 16.6. The van der Waals surface area contributed by atoms with Crippen molar-refractivity contribution >= 4 is 29.0 Å². The van der Waals surface area contributed by atoms with Crippen LogP contribution in [0.25, 0.3) is 5.76 Å². The number of rotatable bonds is 5. The van der Waals surface area contributed by atoms with E-state index in [-0.39, 0.29) is 17.3 Å². The van der Waals surface area contributed by atoms with E-state index in [9.17, 15) is 14.7 Å². The Kier molecular flexibility index (Phi) is 6.09. The zero-order valence-electron chi connectivity index (χ0n) is 19.2. The molecule has 34 heavy (non-hydrogen) atoms. The molecule has 2 aliphatic heterocycles. The number of aliphatic imine (C=N–C) groups is 1. The number of hydrogen-bond donors (Lipinski definition) is 1. The van der Waals surface area contributed by atoms with E-state index in [2.05, 4.69) is 4.99 Å². The summed E-state index contributed by atoms with van der Waals surface area (Å²) in [5, 5.41) is 11.2. The van der Waals surface area contributed by atoms with Crippen molar-refractivity contribution in [3.63, 3.8) is 0 Å². The van der Waals surface area contributed by atoms with Crippen LogP contribution in [0.3, 0.4) is 0 Å². The molecule has 7 heteroatoms. The average molecular weight is 461 g/mol. The third-order valence-electron chi connectivity index (χ3n) is 6.92. The van der Waals surface area contributed by atoms with Gasteiger partial charge in [-0.25, -0.2) is 4.99 Å². The number of nitrogens with zero attached hydrogens (tertiary/aromatic N) is 2. The highest BCUT2D eigenvalue weighted by Gasteiger charge is 2.49. The van der Waals surface area contributed by atoms with E-state index in [1.54, 1.807) is 36.3 Å². The minimum absolute atomic E-state index is 0.0989. The van der Waals surface area contributed by atoms with Crippen molar-refractivity contribution in [2.75, 3.05) is 25.2 Å². The van der Waals surface area contributed by atoms with Crippen LogP contribution in [0.4, 0.5) is 5.69 Å². The summed E-state index contributed by atoms with van der Waals surface area (Å²) in [5.74, 6) is -0.0378. The van der Waals surface area contributed by atoms with Gasteiger partial charge in [0.1, 0.15) is 18.1 Å². The Hall–Kier alpha value is -3.61. The van der Waals surface area contributed by atoms with Gasteiger partial charge in [-0.3, -0.25) is 14.5 Å². The molecule has 176 valence electrons. The largest absolute Gasteiger partial charge is 0.507 e. The highest BCUT2D eigenvalue weighted by atomic mass is 16.5. The fourth-order valence-electron chi connectivity index (χ4n) is 5.22. The third-order valence-corrected chi connectivity index (χ3v) is 6.92. The van der Waals surface area contributed by atoms with Gasteiger partial charge in [-0.15, -0.1) is 0 Å². The summed E-state index contributed by atoms with van der Waals surface area (Å²) >= 11 is 0. The van der Waals surface area contributed by atoms with E-state index in [0.717, 1.165) is 37.7 Å². The number of aliphatic hydroxyl groups is 1. The normalized spacial score (nSPS) is 22.6. The average Bonchev–Trinajstić information content (AvgIpc) is 3.52. The number of anilines is 1. The van der Waals surface area contributed by atoms with E-state index in [0.29, 0.717) is 36.0 Å². The first kappa shape index (κ1) is 22.2. The molecule has 1 saturated carbocycles. The van der Waals surface area contributed by atoms with Gasteiger partial charge in [0.05, 0.1) is 25.3 Å². The third kappa shape index (κ3) is 3.95. The summed E-state index contributed by atoms with van der Waals surface area (Å²) in [6, 6.07) is 13.7. The Bertz CT molecular complexity index is 1140. The first-order valence-corrected chi connectivity index (χ1v) is 11.8. The van der Waals surface area contributed by atoms with Crippen LogP contribution in [0.5, 0.6) is 5.75 Å². The maximum absolute atomic E-state index is 13.3. The van der Waals surface area contributed by atoms with Crippen molar-refractivity contribution < 1.29 is 24.2 Å². The molecule has 5 rings (SSSR count). The predicted octanol–water partition coefficient (Wildman–Crippen LogP) is 4.31. The lowest BCUT2D eigenvalue weighted by molar-refractivity contribution is -0.132. The van der Waals surface area contributed by atoms with Crippen LogP contribution in [0, 0.1) is 5.92 Å². The molecular weight excluding hydrogens is 432 g/mol. The van der Waals surface area contributed by atoms with Gasteiger partial charge >= 0.3 is 0 Å². The van der Waals surface area contributed by atoms with E-state index < -0.39 is 17.7 Å². The lowest BCUT2D eigenvalue weighted by atomic mass is 9.80. The number of ether oxygens (including phenoxy) is 2. The summed E-state index contributed by atoms with van der Waals surface area (Å²) in [7, 11) is 1.57. The molecule has 0 radical (unpaired) electrons. The number of amides is 1. The molecule has 0 aromatic heterocycles. The molecule has 1 unspecified atom stereocenters. The van der Waals surface area contributed by atoms with Crippen molar-refractivity contribution in [1.29, 1.82) is 0 Å². The Labute approximate surface area is 198 Å². The summed E-state index contributed by atoms with van der Waals surface area (Å²) in [4.78, 5) is 32.5. The van der Waals surface area contributed by atoms with Gasteiger partial charge in [0, 0.05) is 16.8 Å². The van der Waals surface area contributed by atoms with Gasteiger partial charge in [0.25, 0.3) is 11.7 Å². The van der Waals surface area contributed by atoms with E-state index >= 15 is 0 Å². The number of ketones is 1. The fraction of sp³-hybridized carbons (Fsp3) is 0.370. The molecule has 1 amide bonds. The number of hydrogen-bond acceptors (Lipinski definition) is 6. The lowest BCUT2D eigenvalue weighted by Crippen LogP contribution is -2.40. The minimum Gasteiger partial charge on any atom is -0.507 e. The maximum Gasteiger partial charge on any atom is 0.299 e. The van der Waals surface area contributed by atoms with E-state index in [1.165, 1.54) is 0 Å². The SMILES string of the molecule is COc1ccc(/C(O)=C2/C(=O)C(=O)N(c3ccc(C4=NCCO4)cc3)C2C2CCCCC2)cc1. The second kappa shape index (κ2) is 9.33. The molecule has 0 spiro atoms. The van der Waals surface area contributed by atoms with Gasteiger partial charge in [0.2, 0.25) is 5.90 Å². The van der Waals surface area contributed by atoms with Crippen molar-refractivity contribution in [3.8, 4) is 5.75 Å². The smallest absolute Gasteiger partial charge is 0.299 e. The highest BCUT2D eigenvalue weighted by Crippen LogP contribution is 2.41. The second-order valence-electron chi connectivity index (χ2n) is 8.92. The van der Waals surface area contributed by atoms with Gasteiger partial charge in [-0.05, 0) is 67.3 Å². The zero-order valence-corrected chi connectivity index (χ0v) is 19.2. The summed E-state index contributed by atoms with van der Waals surface area (Å²) in [6.07, 6.45) is 5.05. The topological polar surface area (TPSA) is 88.4 Å². The second-order valence-corrected chi connectivity index (χ2v) is 8.92.